The molecule has 98 valence electrons. The Morgan fingerprint density at radius 3 is 2.79 bits per heavy atom. The zero-order valence-corrected chi connectivity index (χ0v) is 10.1. The van der Waals surface area contributed by atoms with E-state index in [2.05, 4.69) is 10.3 Å². The average Bonchev–Trinajstić information content (AvgIpc) is 2.32. The van der Waals surface area contributed by atoms with Gasteiger partial charge in [0.1, 0.15) is 6.54 Å². The highest BCUT2D eigenvalue weighted by molar-refractivity contribution is 5.91. The van der Waals surface area contributed by atoms with Crippen molar-refractivity contribution in [1.29, 1.82) is 0 Å². The predicted molar refractivity (Wildman–Crippen MR) is 67.9 cm³/mol. The Kier molecular flexibility index (Phi) is 3.28. The lowest BCUT2D eigenvalue weighted by Gasteiger charge is -2.06. The zero-order valence-electron chi connectivity index (χ0n) is 10.1. The molecule has 2 aromatic rings. The van der Waals surface area contributed by atoms with Crippen LogP contribution in [0, 0.1) is 0 Å². The number of carbonyl (C=O) groups excluding carboxylic acids is 1. The SMILES string of the molecule is CC(=O)Nc1ccc2ncn(CC(=O)O)c(=O)c2c1. The molecule has 0 spiro atoms. The Balaban J connectivity index is 2.55. The second-order valence-corrected chi connectivity index (χ2v) is 3.98. The lowest BCUT2D eigenvalue weighted by Crippen LogP contribution is -2.24. The highest BCUT2D eigenvalue weighted by Crippen LogP contribution is 2.14. The van der Waals surface area contributed by atoms with E-state index in [1.807, 2.05) is 0 Å². The minimum atomic E-state index is -1.12. The zero-order chi connectivity index (χ0) is 14.0. The van der Waals surface area contributed by atoms with E-state index < -0.39 is 18.1 Å². The predicted octanol–water partition coefficient (Wildman–Crippen LogP) is 0.439. The van der Waals surface area contributed by atoms with Crippen molar-refractivity contribution in [2.45, 2.75) is 13.5 Å². The molecule has 0 saturated heterocycles. The van der Waals surface area contributed by atoms with Gasteiger partial charge in [0.15, 0.2) is 0 Å². The number of nitrogens with one attached hydrogen (secondary N) is 1. The number of benzene rings is 1. The number of carboxylic acid groups (broad SMARTS) is 1. The van der Waals surface area contributed by atoms with E-state index in [-0.39, 0.29) is 11.3 Å². The van der Waals surface area contributed by atoms with E-state index in [0.717, 1.165) is 4.57 Å². The topological polar surface area (TPSA) is 101 Å². The Morgan fingerprint density at radius 1 is 1.42 bits per heavy atom. The molecular formula is C12H11N3O4. The molecule has 2 N–H and O–H groups in total. The number of fused-ring (bicyclic) bond motifs is 1. The quantitative estimate of drug-likeness (QED) is 0.834. The Morgan fingerprint density at radius 2 is 2.16 bits per heavy atom. The molecule has 7 nitrogen and oxygen atoms in total. The fourth-order valence-electron chi connectivity index (χ4n) is 1.70. The number of hydrogen-bond donors (Lipinski definition) is 2. The maximum atomic E-state index is 12.0. The smallest absolute Gasteiger partial charge is 0.323 e. The molecule has 0 bridgehead atoms. The van der Waals surface area contributed by atoms with Gasteiger partial charge in [-0.1, -0.05) is 0 Å². The Labute approximate surface area is 107 Å². The normalized spacial score (nSPS) is 10.4. The van der Waals surface area contributed by atoms with Crippen LogP contribution in [0.2, 0.25) is 0 Å². The van der Waals surface area contributed by atoms with Crippen LogP contribution in [0.4, 0.5) is 5.69 Å². The van der Waals surface area contributed by atoms with Gasteiger partial charge >= 0.3 is 5.97 Å². The monoisotopic (exact) mass is 261 g/mol. The van der Waals surface area contributed by atoms with Gasteiger partial charge in [-0.15, -0.1) is 0 Å². The van der Waals surface area contributed by atoms with E-state index in [4.69, 9.17) is 5.11 Å². The number of aliphatic carboxylic acids is 1. The number of nitrogens with zero attached hydrogens (tertiary/aromatic N) is 2. The summed E-state index contributed by atoms with van der Waals surface area (Å²) in [7, 11) is 0. The summed E-state index contributed by atoms with van der Waals surface area (Å²) >= 11 is 0. The summed E-state index contributed by atoms with van der Waals surface area (Å²) in [6.45, 7) is 0.905. The van der Waals surface area contributed by atoms with E-state index in [0.29, 0.717) is 11.2 Å². The standard InChI is InChI=1S/C12H11N3O4/c1-7(16)14-8-2-3-10-9(4-8)12(19)15(6-13-10)5-11(17)18/h2-4,6H,5H2,1H3,(H,14,16)(H,17,18). The first kappa shape index (κ1) is 12.7. The molecule has 19 heavy (non-hydrogen) atoms. The molecule has 0 atom stereocenters. The molecule has 1 aromatic carbocycles. The van der Waals surface area contributed by atoms with Crippen LogP contribution in [-0.4, -0.2) is 26.5 Å². The van der Waals surface area contributed by atoms with Crippen molar-refractivity contribution in [2.75, 3.05) is 5.32 Å². The summed E-state index contributed by atoms with van der Waals surface area (Å²) in [4.78, 5) is 37.6. The van der Waals surface area contributed by atoms with Crippen LogP contribution in [0.1, 0.15) is 6.92 Å². The average molecular weight is 261 g/mol. The van der Waals surface area contributed by atoms with Crippen molar-refractivity contribution in [3.05, 3.63) is 34.9 Å². The third kappa shape index (κ3) is 2.76. The highest BCUT2D eigenvalue weighted by atomic mass is 16.4. The van der Waals surface area contributed by atoms with E-state index >= 15 is 0 Å². The summed E-state index contributed by atoms with van der Waals surface area (Å²) in [5, 5.41) is 11.5. The first-order valence-electron chi connectivity index (χ1n) is 5.46. The summed E-state index contributed by atoms with van der Waals surface area (Å²) in [5.74, 6) is -1.38. The van der Waals surface area contributed by atoms with Crippen LogP contribution in [-0.2, 0) is 16.1 Å². The molecule has 1 heterocycles. The lowest BCUT2D eigenvalue weighted by molar-refractivity contribution is -0.137. The van der Waals surface area contributed by atoms with Crippen molar-refractivity contribution in [3.8, 4) is 0 Å². The number of carbonyl (C=O) groups is 2. The van der Waals surface area contributed by atoms with Crippen molar-refractivity contribution in [1.82, 2.24) is 9.55 Å². The fraction of sp³-hybridized carbons (Fsp3) is 0.167. The van der Waals surface area contributed by atoms with E-state index in [1.54, 1.807) is 12.1 Å². The molecular weight excluding hydrogens is 250 g/mol. The van der Waals surface area contributed by atoms with Gasteiger partial charge in [-0.2, -0.15) is 0 Å². The van der Waals surface area contributed by atoms with Crippen LogP contribution in [0.25, 0.3) is 10.9 Å². The maximum absolute atomic E-state index is 12.0. The number of anilines is 1. The van der Waals surface area contributed by atoms with Crippen LogP contribution in [0.5, 0.6) is 0 Å². The van der Waals surface area contributed by atoms with Crippen molar-refractivity contribution in [2.24, 2.45) is 0 Å². The van der Waals surface area contributed by atoms with Crippen LogP contribution < -0.4 is 10.9 Å². The van der Waals surface area contributed by atoms with E-state index in [9.17, 15) is 14.4 Å². The molecule has 0 aliphatic carbocycles. The van der Waals surface area contributed by atoms with Gasteiger partial charge in [-0.05, 0) is 18.2 Å². The van der Waals surface area contributed by atoms with Gasteiger partial charge in [-0.3, -0.25) is 19.0 Å². The number of aromatic nitrogens is 2. The van der Waals surface area contributed by atoms with Crippen LogP contribution >= 0.6 is 0 Å². The number of rotatable bonds is 3. The van der Waals surface area contributed by atoms with Crippen LogP contribution in [0.15, 0.2) is 29.3 Å². The fourth-order valence-corrected chi connectivity index (χ4v) is 1.70. The summed E-state index contributed by atoms with van der Waals surface area (Å²) in [6.07, 6.45) is 1.19. The van der Waals surface area contributed by atoms with Crippen molar-refractivity contribution in [3.63, 3.8) is 0 Å². The van der Waals surface area contributed by atoms with Crippen LogP contribution in [0.3, 0.4) is 0 Å². The van der Waals surface area contributed by atoms with Crippen molar-refractivity contribution < 1.29 is 14.7 Å². The number of amides is 1. The molecule has 2 rings (SSSR count). The second kappa shape index (κ2) is 4.89. The molecule has 1 amide bonds. The number of carboxylic acids is 1. The molecule has 0 unspecified atom stereocenters. The van der Waals surface area contributed by atoms with Gasteiger partial charge in [0, 0.05) is 12.6 Å². The molecule has 0 fully saturated rings. The summed E-state index contributed by atoms with van der Waals surface area (Å²) in [6, 6.07) is 4.69. The van der Waals surface area contributed by atoms with Crippen molar-refractivity contribution >= 4 is 28.5 Å². The molecule has 0 aliphatic rings. The minimum absolute atomic E-state index is 0.255. The first-order valence-corrected chi connectivity index (χ1v) is 5.46. The lowest BCUT2D eigenvalue weighted by atomic mass is 10.2. The summed E-state index contributed by atoms with van der Waals surface area (Å²) < 4.78 is 1.00. The molecule has 0 saturated carbocycles. The Bertz CT molecular complexity index is 715. The minimum Gasteiger partial charge on any atom is -0.480 e. The molecule has 1 aromatic heterocycles. The summed E-state index contributed by atoms with van der Waals surface area (Å²) in [5.41, 5.74) is 0.451. The van der Waals surface area contributed by atoms with Gasteiger partial charge in [0.05, 0.1) is 17.2 Å². The number of hydrogen-bond acceptors (Lipinski definition) is 4. The molecule has 7 heteroatoms. The van der Waals surface area contributed by atoms with E-state index in [1.165, 1.54) is 19.3 Å². The van der Waals surface area contributed by atoms with Gasteiger partial charge < -0.3 is 10.4 Å². The van der Waals surface area contributed by atoms with Gasteiger partial charge in [0.2, 0.25) is 5.91 Å². The van der Waals surface area contributed by atoms with Gasteiger partial charge in [-0.25, -0.2) is 4.98 Å². The Hall–Kier alpha value is -2.70. The largest absolute Gasteiger partial charge is 0.480 e. The highest BCUT2D eigenvalue weighted by Gasteiger charge is 2.08. The van der Waals surface area contributed by atoms with Gasteiger partial charge in [0.25, 0.3) is 5.56 Å². The second-order valence-electron chi connectivity index (χ2n) is 3.98. The third-order valence-corrected chi connectivity index (χ3v) is 2.45. The first-order chi connectivity index (χ1) is 8.97. The maximum Gasteiger partial charge on any atom is 0.323 e. The molecule has 0 aliphatic heterocycles. The molecule has 0 radical (unpaired) electrons. The third-order valence-electron chi connectivity index (χ3n) is 2.45.